The second kappa shape index (κ2) is 9.41. The first-order valence-electron chi connectivity index (χ1n) is 14.6. The number of nitrogens with zero attached hydrogens (tertiary/aromatic N) is 2. The topological polar surface area (TPSA) is 38.0 Å². The van der Waals surface area contributed by atoms with Gasteiger partial charge in [0.25, 0.3) is 0 Å². The molecule has 0 radical (unpaired) electrons. The molecule has 4 fully saturated rings. The van der Waals surface area contributed by atoms with Crippen LogP contribution in [0, 0.1) is 58.2 Å². The highest BCUT2D eigenvalue weighted by molar-refractivity contribution is 5.32. The normalized spacial score (nSPS) is 42.4. The zero-order valence-electron chi connectivity index (χ0n) is 22.7. The van der Waals surface area contributed by atoms with Crippen molar-refractivity contribution in [3.63, 3.8) is 0 Å². The van der Waals surface area contributed by atoms with Gasteiger partial charge >= 0.3 is 0 Å². The molecule has 0 amide bonds. The summed E-state index contributed by atoms with van der Waals surface area (Å²) in [4.78, 5) is 0. The lowest BCUT2D eigenvalue weighted by molar-refractivity contribution is -0.175. The average Bonchev–Trinajstić information content (AvgIpc) is 3.27. The van der Waals surface area contributed by atoms with Crippen LogP contribution in [0.25, 0.3) is 0 Å². The number of hydrogen-bond acceptors (Lipinski definition) is 2. The van der Waals surface area contributed by atoms with Crippen molar-refractivity contribution in [2.75, 3.05) is 0 Å². The SMILES string of the molecule is C=CC#Cc1cnn(CC(C)(O)[C@H]2CCCC3[C@@H]4CC[C@]5(C)C[C@@H](CC)CC[C@@H]5C4CC[C@@]32C)c1. The van der Waals surface area contributed by atoms with Gasteiger partial charge in [0, 0.05) is 6.20 Å². The molecule has 1 heterocycles. The van der Waals surface area contributed by atoms with Crippen molar-refractivity contribution in [2.45, 2.75) is 110 Å². The summed E-state index contributed by atoms with van der Waals surface area (Å²) < 4.78 is 1.91. The first-order valence-corrected chi connectivity index (χ1v) is 14.6. The highest BCUT2D eigenvalue weighted by Crippen LogP contribution is 2.67. The van der Waals surface area contributed by atoms with Crippen molar-refractivity contribution in [1.82, 2.24) is 9.78 Å². The molecule has 1 aromatic rings. The summed E-state index contributed by atoms with van der Waals surface area (Å²) in [6.07, 6.45) is 20.5. The van der Waals surface area contributed by atoms with Crippen molar-refractivity contribution in [1.29, 1.82) is 0 Å². The molecule has 4 aliphatic rings. The van der Waals surface area contributed by atoms with Crippen LogP contribution in [0.4, 0.5) is 0 Å². The molecule has 0 spiro atoms. The number of fused-ring (bicyclic) bond motifs is 5. The third-order valence-electron chi connectivity index (χ3n) is 11.6. The van der Waals surface area contributed by atoms with Crippen LogP contribution in [0.1, 0.15) is 104 Å². The summed E-state index contributed by atoms with van der Waals surface area (Å²) in [5, 5.41) is 16.5. The van der Waals surface area contributed by atoms with Crippen molar-refractivity contribution < 1.29 is 5.11 Å². The lowest BCUT2D eigenvalue weighted by Gasteiger charge is -2.64. The molecule has 1 N–H and O–H groups in total. The quantitative estimate of drug-likeness (QED) is 0.465. The van der Waals surface area contributed by atoms with E-state index in [1.165, 1.54) is 64.2 Å². The van der Waals surface area contributed by atoms with Crippen molar-refractivity contribution in [3.8, 4) is 11.8 Å². The summed E-state index contributed by atoms with van der Waals surface area (Å²) in [7, 11) is 0. The van der Waals surface area contributed by atoms with Gasteiger partial charge in [0.1, 0.15) is 0 Å². The van der Waals surface area contributed by atoms with E-state index in [1.54, 1.807) is 12.3 Å². The Morgan fingerprint density at radius 3 is 2.69 bits per heavy atom. The van der Waals surface area contributed by atoms with Crippen LogP contribution < -0.4 is 0 Å². The van der Waals surface area contributed by atoms with Gasteiger partial charge in [0.05, 0.1) is 23.9 Å². The molecule has 0 bridgehead atoms. The van der Waals surface area contributed by atoms with E-state index in [0.717, 1.165) is 41.6 Å². The minimum atomic E-state index is -0.766. The monoisotopic (exact) mass is 476 g/mol. The molecule has 35 heavy (non-hydrogen) atoms. The lowest BCUT2D eigenvalue weighted by atomic mass is 9.41. The van der Waals surface area contributed by atoms with Crippen LogP contribution in [-0.2, 0) is 6.54 Å². The number of hydrogen-bond donors (Lipinski definition) is 1. The third kappa shape index (κ3) is 4.43. The highest BCUT2D eigenvalue weighted by Gasteiger charge is 2.60. The maximum Gasteiger partial charge on any atom is 0.0848 e. The number of aromatic nitrogens is 2. The van der Waals surface area contributed by atoms with E-state index in [0.29, 0.717) is 17.9 Å². The van der Waals surface area contributed by atoms with Gasteiger partial charge in [-0.2, -0.15) is 5.10 Å². The molecule has 5 rings (SSSR count). The van der Waals surface area contributed by atoms with Crippen LogP contribution >= 0.6 is 0 Å². The Balaban J connectivity index is 1.35. The summed E-state index contributed by atoms with van der Waals surface area (Å²) in [5.41, 5.74) is 0.935. The second-order valence-corrected chi connectivity index (χ2v) is 13.6. The molecular formula is C32H48N2O. The van der Waals surface area contributed by atoms with Gasteiger partial charge in [-0.3, -0.25) is 4.68 Å². The first kappa shape index (κ1) is 25.1. The van der Waals surface area contributed by atoms with E-state index in [2.05, 4.69) is 51.2 Å². The van der Waals surface area contributed by atoms with E-state index in [1.807, 2.05) is 10.9 Å². The van der Waals surface area contributed by atoms with E-state index in [9.17, 15) is 5.11 Å². The number of allylic oxidation sites excluding steroid dienone is 1. The zero-order chi connectivity index (χ0) is 24.8. The van der Waals surface area contributed by atoms with E-state index >= 15 is 0 Å². The minimum absolute atomic E-state index is 0.232. The fraction of sp³-hybridized carbons (Fsp3) is 0.781. The first-order chi connectivity index (χ1) is 16.7. The molecule has 3 nitrogen and oxygen atoms in total. The van der Waals surface area contributed by atoms with Gasteiger partial charge in [-0.05, 0) is 111 Å². The van der Waals surface area contributed by atoms with Crippen LogP contribution in [-0.4, -0.2) is 20.5 Å². The third-order valence-corrected chi connectivity index (χ3v) is 11.6. The molecule has 4 saturated carbocycles. The van der Waals surface area contributed by atoms with E-state index in [-0.39, 0.29) is 5.41 Å². The molecule has 1 aromatic heterocycles. The van der Waals surface area contributed by atoms with Crippen LogP contribution in [0.2, 0.25) is 0 Å². The van der Waals surface area contributed by atoms with Gasteiger partial charge in [-0.25, -0.2) is 0 Å². The van der Waals surface area contributed by atoms with Gasteiger partial charge in [-0.15, -0.1) is 0 Å². The van der Waals surface area contributed by atoms with E-state index < -0.39 is 5.60 Å². The van der Waals surface area contributed by atoms with Crippen LogP contribution in [0.15, 0.2) is 25.0 Å². The van der Waals surface area contributed by atoms with Crippen molar-refractivity contribution >= 4 is 0 Å². The maximum atomic E-state index is 11.9. The molecule has 192 valence electrons. The molecule has 9 atom stereocenters. The summed E-state index contributed by atoms with van der Waals surface area (Å²) in [5.74, 6) is 10.7. The molecular weight excluding hydrogens is 428 g/mol. The van der Waals surface area contributed by atoms with Gasteiger partial charge in [-0.1, -0.05) is 58.5 Å². The molecule has 0 saturated heterocycles. The van der Waals surface area contributed by atoms with Crippen molar-refractivity contribution in [2.24, 2.45) is 46.3 Å². The van der Waals surface area contributed by atoms with Gasteiger partial charge < -0.3 is 5.11 Å². The predicted molar refractivity (Wildman–Crippen MR) is 144 cm³/mol. The van der Waals surface area contributed by atoms with Crippen LogP contribution in [0.5, 0.6) is 0 Å². The Labute approximate surface area is 214 Å². The zero-order valence-corrected chi connectivity index (χ0v) is 22.7. The largest absolute Gasteiger partial charge is 0.388 e. The Bertz CT molecular complexity index is 981. The Kier molecular flexibility index (Phi) is 6.75. The summed E-state index contributed by atoms with van der Waals surface area (Å²) >= 11 is 0. The predicted octanol–water partition coefficient (Wildman–Crippen LogP) is 7.25. The Morgan fingerprint density at radius 1 is 1.14 bits per heavy atom. The van der Waals surface area contributed by atoms with Crippen molar-refractivity contribution in [3.05, 3.63) is 30.6 Å². The van der Waals surface area contributed by atoms with Gasteiger partial charge in [0.2, 0.25) is 0 Å². The van der Waals surface area contributed by atoms with E-state index in [4.69, 9.17) is 0 Å². The van der Waals surface area contributed by atoms with Gasteiger partial charge in [0.15, 0.2) is 0 Å². The Hall–Kier alpha value is -1.53. The number of aliphatic hydroxyl groups is 1. The fourth-order valence-corrected chi connectivity index (χ4v) is 10.1. The maximum absolute atomic E-state index is 11.9. The number of rotatable bonds is 4. The molecule has 3 unspecified atom stereocenters. The summed E-state index contributed by atoms with van der Waals surface area (Å²) in [6, 6.07) is 0. The summed E-state index contributed by atoms with van der Waals surface area (Å²) in [6.45, 7) is 13.9. The smallest absolute Gasteiger partial charge is 0.0848 e. The molecule has 0 aromatic carbocycles. The lowest BCUT2D eigenvalue weighted by Crippen LogP contribution is -2.59. The molecule has 3 heteroatoms. The highest BCUT2D eigenvalue weighted by atomic mass is 16.3. The molecule has 4 aliphatic carbocycles. The Morgan fingerprint density at radius 2 is 1.91 bits per heavy atom. The fourth-order valence-electron chi connectivity index (χ4n) is 10.1. The molecule has 0 aliphatic heterocycles. The minimum Gasteiger partial charge on any atom is -0.388 e. The average molecular weight is 477 g/mol. The second-order valence-electron chi connectivity index (χ2n) is 13.6. The van der Waals surface area contributed by atoms with Crippen LogP contribution in [0.3, 0.4) is 0 Å². The standard InChI is InChI=1S/C32H48N2O/c1-6-8-10-24-20-33-34(21-24)22-32(5,35)29-12-9-11-28-26-15-17-30(3)19-23(7-2)13-14-27(30)25(26)16-18-31(28,29)4/h6,20-21,23,25-29,35H,1,7,9,11-19,22H2,2-5H3/t23-,25?,26+,27+,28?,29-,30+,31-,32?/m0/s1.